The molecule has 5 nitrogen and oxygen atoms in total. The van der Waals surface area contributed by atoms with Crippen LogP contribution in [0.3, 0.4) is 0 Å². The van der Waals surface area contributed by atoms with E-state index in [-0.39, 0.29) is 35.2 Å². The molecule has 2 aromatic carbocycles. The number of esters is 1. The van der Waals surface area contributed by atoms with Gasteiger partial charge in [0, 0.05) is 5.69 Å². The molecule has 0 fully saturated rings. The van der Waals surface area contributed by atoms with E-state index in [2.05, 4.69) is 5.32 Å². The Kier molecular flexibility index (Phi) is 6.70. The topological polar surface area (TPSA) is 60.3 Å². The van der Waals surface area contributed by atoms with Crippen LogP contribution < -0.4 is 5.32 Å². The molecule has 0 saturated carbocycles. The lowest BCUT2D eigenvalue weighted by molar-refractivity contribution is -0.137. The number of rotatable bonds is 6. The fraction of sp³-hybridized carbons (Fsp3) is 0.182. The van der Waals surface area contributed by atoms with Gasteiger partial charge in [-0.25, -0.2) is 4.79 Å². The highest BCUT2D eigenvalue weighted by atomic mass is 35.5. The van der Waals surface area contributed by atoms with Crippen molar-refractivity contribution in [3.63, 3.8) is 0 Å². The smallest absolute Gasteiger partial charge is 0.416 e. The fourth-order valence-corrected chi connectivity index (χ4v) is 3.29. The van der Waals surface area contributed by atoms with Crippen LogP contribution in [-0.2, 0) is 22.1 Å². The van der Waals surface area contributed by atoms with E-state index in [1.807, 2.05) is 6.07 Å². The number of ether oxygens (including phenoxy) is 1. The van der Waals surface area contributed by atoms with Gasteiger partial charge >= 0.3 is 12.1 Å². The minimum absolute atomic E-state index is 0.0258. The van der Waals surface area contributed by atoms with Gasteiger partial charge in [-0.1, -0.05) is 41.9 Å². The number of anilines is 1. The van der Waals surface area contributed by atoms with Gasteiger partial charge in [-0.05, 0) is 42.8 Å². The average molecular weight is 451 g/mol. The van der Waals surface area contributed by atoms with Crippen molar-refractivity contribution in [2.45, 2.75) is 19.5 Å². The molecule has 0 atom stereocenters. The molecule has 0 aliphatic rings. The molecular weight excluding hydrogens is 433 g/mol. The van der Waals surface area contributed by atoms with E-state index in [9.17, 15) is 22.8 Å². The van der Waals surface area contributed by atoms with Crippen molar-refractivity contribution in [2.24, 2.45) is 0 Å². The first-order valence-electron chi connectivity index (χ1n) is 9.30. The molecule has 3 aromatic rings. The second kappa shape index (κ2) is 9.26. The Balaban J connectivity index is 1.97. The van der Waals surface area contributed by atoms with Gasteiger partial charge < -0.3 is 10.1 Å². The molecule has 1 amide bonds. The SMILES string of the molecule is CCOC(=O)c1c(NC(=O)Cc2ccccc2)cc(Cl)n1-c1ccc(C(F)(F)F)cc1. The van der Waals surface area contributed by atoms with Crippen LogP contribution in [0.1, 0.15) is 28.5 Å². The van der Waals surface area contributed by atoms with Crippen molar-refractivity contribution in [3.05, 3.63) is 82.6 Å². The molecule has 0 bridgehead atoms. The van der Waals surface area contributed by atoms with E-state index in [4.69, 9.17) is 16.3 Å². The van der Waals surface area contributed by atoms with Crippen LogP contribution in [0.2, 0.25) is 5.15 Å². The summed E-state index contributed by atoms with van der Waals surface area (Å²) in [6, 6.07) is 14.5. The highest BCUT2D eigenvalue weighted by molar-refractivity contribution is 6.31. The summed E-state index contributed by atoms with van der Waals surface area (Å²) in [5, 5.41) is 2.67. The first-order chi connectivity index (χ1) is 14.7. The zero-order valence-electron chi connectivity index (χ0n) is 16.4. The number of carbonyl (C=O) groups excluding carboxylic acids is 2. The number of aromatic nitrogens is 1. The maximum Gasteiger partial charge on any atom is 0.416 e. The van der Waals surface area contributed by atoms with Crippen LogP contribution in [0.5, 0.6) is 0 Å². The largest absolute Gasteiger partial charge is 0.461 e. The molecule has 3 rings (SSSR count). The number of nitrogens with one attached hydrogen (secondary N) is 1. The number of halogens is 4. The number of carbonyl (C=O) groups is 2. The van der Waals surface area contributed by atoms with Gasteiger partial charge in [-0.15, -0.1) is 0 Å². The number of benzene rings is 2. The van der Waals surface area contributed by atoms with Gasteiger partial charge in [-0.2, -0.15) is 13.2 Å². The molecule has 1 heterocycles. The molecule has 1 aromatic heterocycles. The highest BCUT2D eigenvalue weighted by Gasteiger charge is 2.30. The predicted molar refractivity (Wildman–Crippen MR) is 111 cm³/mol. The molecule has 0 spiro atoms. The number of amides is 1. The minimum Gasteiger partial charge on any atom is -0.461 e. The summed E-state index contributed by atoms with van der Waals surface area (Å²) in [5.41, 5.74) is 0.154. The number of alkyl halides is 3. The molecule has 31 heavy (non-hydrogen) atoms. The Morgan fingerprint density at radius 1 is 1.06 bits per heavy atom. The van der Waals surface area contributed by atoms with E-state index >= 15 is 0 Å². The van der Waals surface area contributed by atoms with Crippen molar-refractivity contribution in [3.8, 4) is 5.69 Å². The molecule has 0 radical (unpaired) electrons. The maximum atomic E-state index is 12.9. The van der Waals surface area contributed by atoms with E-state index < -0.39 is 23.6 Å². The summed E-state index contributed by atoms with van der Waals surface area (Å²) in [7, 11) is 0. The van der Waals surface area contributed by atoms with Gasteiger partial charge in [0.25, 0.3) is 0 Å². The highest BCUT2D eigenvalue weighted by Crippen LogP contribution is 2.33. The molecule has 0 aliphatic heterocycles. The van der Waals surface area contributed by atoms with Crippen molar-refractivity contribution in [1.29, 1.82) is 0 Å². The van der Waals surface area contributed by atoms with Crippen molar-refractivity contribution < 1.29 is 27.5 Å². The van der Waals surface area contributed by atoms with Crippen LogP contribution in [0.15, 0.2) is 60.7 Å². The summed E-state index contributed by atoms with van der Waals surface area (Å²) in [4.78, 5) is 25.1. The van der Waals surface area contributed by atoms with Crippen molar-refractivity contribution >= 4 is 29.2 Å². The summed E-state index contributed by atoms with van der Waals surface area (Å²) < 4.78 is 44.9. The zero-order valence-corrected chi connectivity index (χ0v) is 17.1. The van der Waals surface area contributed by atoms with Crippen LogP contribution in [0, 0.1) is 0 Å². The van der Waals surface area contributed by atoms with Gasteiger partial charge in [0.1, 0.15) is 5.15 Å². The fourth-order valence-electron chi connectivity index (χ4n) is 3.00. The molecule has 0 saturated heterocycles. The van der Waals surface area contributed by atoms with E-state index in [1.165, 1.54) is 22.8 Å². The third-order valence-corrected chi connectivity index (χ3v) is 4.64. The van der Waals surface area contributed by atoms with Crippen LogP contribution in [0.4, 0.5) is 18.9 Å². The Bertz CT molecular complexity index is 1080. The number of nitrogens with zero attached hydrogens (tertiary/aromatic N) is 1. The second-order valence-electron chi connectivity index (χ2n) is 6.54. The standard InChI is InChI=1S/C22H18ClF3N2O3/c1-2-31-21(30)20-17(27-19(29)12-14-6-4-3-5-7-14)13-18(23)28(20)16-10-8-15(9-11-16)22(24,25)26/h3-11,13H,2,12H2,1H3,(H,27,29). The Morgan fingerprint density at radius 3 is 2.29 bits per heavy atom. The van der Waals surface area contributed by atoms with Gasteiger partial charge in [-0.3, -0.25) is 9.36 Å². The lowest BCUT2D eigenvalue weighted by Gasteiger charge is -2.13. The maximum absolute atomic E-state index is 12.9. The molecule has 0 aliphatic carbocycles. The second-order valence-corrected chi connectivity index (χ2v) is 6.93. The summed E-state index contributed by atoms with van der Waals surface area (Å²) >= 11 is 6.28. The van der Waals surface area contributed by atoms with Crippen LogP contribution in [0.25, 0.3) is 5.69 Å². The third-order valence-electron chi connectivity index (χ3n) is 4.36. The Hall–Kier alpha value is -3.26. The van der Waals surface area contributed by atoms with E-state index in [0.717, 1.165) is 17.7 Å². The number of hydrogen-bond donors (Lipinski definition) is 1. The zero-order chi connectivity index (χ0) is 22.6. The number of hydrogen-bond acceptors (Lipinski definition) is 3. The summed E-state index contributed by atoms with van der Waals surface area (Å²) in [5.74, 6) is -1.16. The molecule has 9 heteroatoms. The third kappa shape index (κ3) is 5.27. The van der Waals surface area contributed by atoms with Crippen molar-refractivity contribution in [2.75, 3.05) is 11.9 Å². The quantitative estimate of drug-likeness (QED) is 0.504. The summed E-state index contributed by atoms with van der Waals surface area (Å²) in [6.07, 6.45) is -4.44. The van der Waals surface area contributed by atoms with Crippen LogP contribution in [-0.4, -0.2) is 23.1 Å². The monoisotopic (exact) mass is 450 g/mol. The van der Waals surface area contributed by atoms with E-state index in [1.54, 1.807) is 31.2 Å². The predicted octanol–water partition coefficient (Wildman–Crippen LogP) is 5.51. The van der Waals surface area contributed by atoms with Gasteiger partial charge in [0.2, 0.25) is 5.91 Å². The van der Waals surface area contributed by atoms with Crippen LogP contribution >= 0.6 is 11.6 Å². The molecule has 0 unspecified atom stereocenters. The lowest BCUT2D eigenvalue weighted by Crippen LogP contribution is -2.18. The van der Waals surface area contributed by atoms with Gasteiger partial charge in [0.05, 0.1) is 24.3 Å². The lowest BCUT2D eigenvalue weighted by atomic mass is 10.1. The molecule has 1 N–H and O–H groups in total. The molecule has 162 valence electrons. The summed E-state index contributed by atoms with van der Waals surface area (Å²) in [6.45, 7) is 1.67. The first-order valence-corrected chi connectivity index (χ1v) is 9.68. The van der Waals surface area contributed by atoms with Gasteiger partial charge in [0.15, 0.2) is 5.69 Å². The van der Waals surface area contributed by atoms with Crippen molar-refractivity contribution in [1.82, 2.24) is 4.57 Å². The Labute approximate surface area is 181 Å². The van der Waals surface area contributed by atoms with E-state index in [0.29, 0.717) is 0 Å². The normalized spacial score (nSPS) is 11.3. The Morgan fingerprint density at radius 2 is 1.71 bits per heavy atom. The minimum atomic E-state index is -4.50. The average Bonchev–Trinajstić information content (AvgIpc) is 3.03. The molecular formula is C22H18ClF3N2O3. The first kappa shape index (κ1) is 22.4.